The van der Waals surface area contributed by atoms with Gasteiger partial charge in [0.25, 0.3) is 11.8 Å². The maximum atomic E-state index is 12.5. The molecule has 0 bridgehead atoms. The van der Waals surface area contributed by atoms with Crippen molar-refractivity contribution in [2.45, 2.75) is 13.3 Å². The first-order chi connectivity index (χ1) is 13.1. The normalized spacial score (nSPS) is 10.3. The molecule has 5 nitrogen and oxygen atoms in total. The van der Waals surface area contributed by atoms with Crippen LogP contribution in [-0.2, 0) is 6.42 Å². The van der Waals surface area contributed by atoms with Gasteiger partial charge in [-0.1, -0.05) is 42.8 Å². The maximum Gasteiger partial charge on any atom is 0.274 e. The predicted octanol–water partition coefficient (Wildman–Crippen LogP) is 4.80. The monoisotopic (exact) mass is 379 g/mol. The van der Waals surface area contributed by atoms with Crippen LogP contribution < -0.4 is 10.6 Å². The average molecular weight is 380 g/mol. The summed E-state index contributed by atoms with van der Waals surface area (Å²) in [6.45, 7) is 2.02. The maximum absolute atomic E-state index is 12.5. The molecular formula is C21H18ClN3O2. The second-order valence-electron chi connectivity index (χ2n) is 5.83. The van der Waals surface area contributed by atoms with E-state index in [-0.39, 0.29) is 17.3 Å². The molecule has 0 radical (unpaired) electrons. The van der Waals surface area contributed by atoms with Crippen LogP contribution >= 0.6 is 11.6 Å². The third kappa shape index (κ3) is 4.71. The molecule has 0 aliphatic heterocycles. The van der Waals surface area contributed by atoms with Crippen LogP contribution in [0.1, 0.15) is 33.5 Å². The van der Waals surface area contributed by atoms with Crippen LogP contribution in [0, 0.1) is 0 Å². The lowest BCUT2D eigenvalue weighted by atomic mass is 10.1. The number of pyridine rings is 1. The summed E-state index contributed by atoms with van der Waals surface area (Å²) < 4.78 is 0. The Morgan fingerprint density at radius 2 is 1.48 bits per heavy atom. The topological polar surface area (TPSA) is 71.1 Å². The molecule has 0 saturated carbocycles. The molecular weight excluding hydrogens is 362 g/mol. The van der Waals surface area contributed by atoms with Gasteiger partial charge in [0.2, 0.25) is 0 Å². The molecule has 1 heterocycles. The minimum atomic E-state index is -0.402. The fraction of sp³-hybridized carbons (Fsp3) is 0.0952. The van der Waals surface area contributed by atoms with E-state index in [9.17, 15) is 9.59 Å². The Kier molecular flexibility index (Phi) is 5.84. The molecule has 0 saturated heterocycles. The molecule has 2 N–H and O–H groups in total. The van der Waals surface area contributed by atoms with Crippen molar-refractivity contribution in [3.8, 4) is 0 Å². The van der Waals surface area contributed by atoms with Crippen LogP contribution in [0.4, 0.5) is 11.4 Å². The van der Waals surface area contributed by atoms with Crippen molar-refractivity contribution >= 4 is 34.8 Å². The molecule has 6 heteroatoms. The molecule has 2 amide bonds. The number of carbonyl (C=O) groups excluding carboxylic acids is 2. The third-order valence-corrected chi connectivity index (χ3v) is 4.21. The highest BCUT2D eigenvalue weighted by Gasteiger charge is 2.14. The van der Waals surface area contributed by atoms with Gasteiger partial charge >= 0.3 is 0 Å². The molecule has 2 aromatic carbocycles. The zero-order valence-corrected chi connectivity index (χ0v) is 15.5. The fourth-order valence-electron chi connectivity index (χ4n) is 2.55. The number of nitrogens with zero attached hydrogens (tertiary/aromatic N) is 1. The Labute approximate surface area is 162 Å². The number of para-hydroxylation sites is 1. The molecule has 1 aromatic heterocycles. The second kappa shape index (κ2) is 8.47. The van der Waals surface area contributed by atoms with E-state index in [1.165, 1.54) is 0 Å². The lowest BCUT2D eigenvalue weighted by molar-refractivity contribution is 0.101. The number of nitrogens with one attached hydrogen (secondary N) is 2. The molecule has 0 fully saturated rings. The minimum absolute atomic E-state index is 0.154. The van der Waals surface area contributed by atoms with Crippen molar-refractivity contribution in [2.75, 3.05) is 10.6 Å². The lowest BCUT2D eigenvalue weighted by Crippen LogP contribution is -2.19. The van der Waals surface area contributed by atoms with Gasteiger partial charge in [-0.15, -0.1) is 0 Å². The number of amides is 2. The summed E-state index contributed by atoms with van der Waals surface area (Å²) in [5.74, 6) is -0.766. The van der Waals surface area contributed by atoms with Gasteiger partial charge in [0, 0.05) is 16.4 Å². The van der Waals surface area contributed by atoms with Gasteiger partial charge in [-0.05, 0) is 54.4 Å². The number of aryl methyl sites for hydroxylation is 1. The number of carbonyl (C=O) groups is 2. The summed E-state index contributed by atoms with van der Waals surface area (Å²) in [5.41, 5.74) is 2.69. The van der Waals surface area contributed by atoms with Crippen LogP contribution in [0.15, 0.2) is 66.7 Å². The summed E-state index contributed by atoms with van der Waals surface area (Å²) in [7, 11) is 0. The van der Waals surface area contributed by atoms with E-state index in [1.54, 1.807) is 42.5 Å². The molecule has 27 heavy (non-hydrogen) atoms. The van der Waals surface area contributed by atoms with Crippen molar-refractivity contribution < 1.29 is 9.59 Å². The predicted molar refractivity (Wildman–Crippen MR) is 107 cm³/mol. The Bertz CT molecular complexity index is 971. The van der Waals surface area contributed by atoms with Crippen LogP contribution in [0.2, 0.25) is 5.02 Å². The van der Waals surface area contributed by atoms with Gasteiger partial charge in [0.1, 0.15) is 11.4 Å². The molecule has 0 spiro atoms. The summed E-state index contributed by atoms with van der Waals surface area (Å²) in [6.07, 6.45) is 0.799. The number of hydrogen-bond donors (Lipinski definition) is 2. The molecule has 0 unspecified atom stereocenters. The van der Waals surface area contributed by atoms with Crippen LogP contribution in [0.25, 0.3) is 0 Å². The number of halogens is 1. The van der Waals surface area contributed by atoms with Gasteiger partial charge in [-0.3, -0.25) is 9.59 Å². The number of hydrogen-bond acceptors (Lipinski definition) is 3. The average Bonchev–Trinajstić information content (AvgIpc) is 2.70. The van der Waals surface area contributed by atoms with E-state index in [0.717, 1.165) is 17.7 Å². The number of rotatable bonds is 5. The first-order valence-electron chi connectivity index (χ1n) is 8.50. The first kappa shape index (κ1) is 18.6. The standard InChI is InChI=1S/C21H18ClN3O2/c1-2-14-6-3-4-7-17(14)25-21(27)19-9-5-8-18(24-19)20(26)23-16-12-10-15(22)11-13-16/h3-13H,2H2,1H3,(H,23,26)(H,25,27). The number of benzene rings is 2. The van der Waals surface area contributed by atoms with Crippen molar-refractivity contribution in [1.29, 1.82) is 0 Å². The van der Waals surface area contributed by atoms with E-state index >= 15 is 0 Å². The highest BCUT2D eigenvalue weighted by atomic mass is 35.5. The zero-order chi connectivity index (χ0) is 19.2. The van der Waals surface area contributed by atoms with Crippen LogP contribution in [0.5, 0.6) is 0 Å². The molecule has 0 atom stereocenters. The number of anilines is 2. The van der Waals surface area contributed by atoms with Gasteiger partial charge in [-0.25, -0.2) is 4.98 Å². The van der Waals surface area contributed by atoms with E-state index in [4.69, 9.17) is 11.6 Å². The summed E-state index contributed by atoms with van der Waals surface area (Å²) >= 11 is 5.84. The van der Waals surface area contributed by atoms with Crippen LogP contribution in [-0.4, -0.2) is 16.8 Å². The van der Waals surface area contributed by atoms with Crippen molar-refractivity contribution in [2.24, 2.45) is 0 Å². The second-order valence-corrected chi connectivity index (χ2v) is 6.27. The largest absolute Gasteiger partial charge is 0.321 e. The highest BCUT2D eigenvalue weighted by molar-refractivity contribution is 6.30. The first-order valence-corrected chi connectivity index (χ1v) is 8.88. The Hall–Kier alpha value is -3.18. The Morgan fingerprint density at radius 3 is 2.15 bits per heavy atom. The third-order valence-electron chi connectivity index (χ3n) is 3.96. The summed E-state index contributed by atoms with van der Waals surface area (Å²) in [4.78, 5) is 29.1. The van der Waals surface area contributed by atoms with Gasteiger partial charge < -0.3 is 10.6 Å². The van der Waals surface area contributed by atoms with Gasteiger partial charge in [-0.2, -0.15) is 0 Å². The van der Waals surface area contributed by atoms with Gasteiger partial charge in [0.15, 0.2) is 0 Å². The fourth-order valence-corrected chi connectivity index (χ4v) is 2.68. The molecule has 3 aromatic rings. The summed E-state index contributed by atoms with van der Waals surface area (Å²) in [5, 5.41) is 6.16. The molecule has 3 rings (SSSR count). The minimum Gasteiger partial charge on any atom is -0.321 e. The Balaban J connectivity index is 1.75. The number of aromatic nitrogens is 1. The lowest BCUT2D eigenvalue weighted by Gasteiger charge is -2.10. The summed E-state index contributed by atoms with van der Waals surface area (Å²) in [6, 6.07) is 19.1. The molecule has 0 aliphatic carbocycles. The van der Waals surface area contributed by atoms with Gasteiger partial charge in [0.05, 0.1) is 0 Å². The highest BCUT2D eigenvalue weighted by Crippen LogP contribution is 2.17. The zero-order valence-electron chi connectivity index (χ0n) is 14.7. The molecule has 136 valence electrons. The van der Waals surface area contributed by atoms with E-state index in [2.05, 4.69) is 15.6 Å². The van der Waals surface area contributed by atoms with E-state index in [1.807, 2.05) is 31.2 Å². The van der Waals surface area contributed by atoms with Crippen molar-refractivity contribution in [3.05, 3.63) is 88.7 Å². The molecule has 0 aliphatic rings. The quantitative estimate of drug-likeness (QED) is 0.668. The van der Waals surface area contributed by atoms with Crippen LogP contribution in [0.3, 0.4) is 0 Å². The van der Waals surface area contributed by atoms with E-state index < -0.39 is 5.91 Å². The van der Waals surface area contributed by atoms with Crippen molar-refractivity contribution in [1.82, 2.24) is 4.98 Å². The van der Waals surface area contributed by atoms with E-state index in [0.29, 0.717) is 10.7 Å². The van der Waals surface area contributed by atoms with Crippen molar-refractivity contribution in [3.63, 3.8) is 0 Å². The smallest absolute Gasteiger partial charge is 0.274 e. The Morgan fingerprint density at radius 1 is 0.852 bits per heavy atom. The SMILES string of the molecule is CCc1ccccc1NC(=O)c1cccc(C(=O)Nc2ccc(Cl)cc2)n1.